The van der Waals surface area contributed by atoms with Crippen LogP contribution in [0.4, 0.5) is 0 Å². The van der Waals surface area contributed by atoms with Gasteiger partial charge in [0.25, 0.3) is 0 Å². The first-order valence-electron chi connectivity index (χ1n) is 5.77. The molecular formula is C12H18O3S2. The fourth-order valence-electron chi connectivity index (χ4n) is 2.31. The van der Waals surface area contributed by atoms with Crippen LogP contribution in [-0.4, -0.2) is 41.9 Å². The van der Waals surface area contributed by atoms with Crippen LogP contribution in [0.15, 0.2) is 12.2 Å². The summed E-state index contributed by atoms with van der Waals surface area (Å²) in [5, 5.41) is 0. The zero-order valence-corrected chi connectivity index (χ0v) is 11.8. The van der Waals surface area contributed by atoms with E-state index >= 15 is 0 Å². The van der Waals surface area contributed by atoms with Gasteiger partial charge in [-0.1, -0.05) is 0 Å². The Morgan fingerprint density at radius 2 is 1.94 bits per heavy atom. The Morgan fingerprint density at radius 1 is 1.29 bits per heavy atom. The molecule has 96 valence electrons. The highest BCUT2D eigenvalue weighted by Crippen LogP contribution is 2.45. The summed E-state index contributed by atoms with van der Waals surface area (Å²) in [5.74, 6) is 1.87. The van der Waals surface area contributed by atoms with E-state index in [4.69, 9.17) is 9.47 Å². The number of hydrogen-bond donors (Lipinski definition) is 0. The number of hydrogen-bond acceptors (Lipinski definition) is 5. The second-order valence-electron chi connectivity index (χ2n) is 4.20. The number of allylic oxidation sites excluding steroid dienone is 1. The van der Waals surface area contributed by atoms with Crippen LogP contribution in [0.1, 0.15) is 12.8 Å². The van der Waals surface area contributed by atoms with Crippen molar-refractivity contribution < 1.29 is 14.3 Å². The fraction of sp³-hybridized carbons (Fsp3) is 0.750. The molecule has 0 aromatic heterocycles. The quantitative estimate of drug-likeness (QED) is 0.738. The maximum atomic E-state index is 11.6. The second-order valence-corrected chi connectivity index (χ2v) is 7.00. The highest BCUT2D eigenvalue weighted by atomic mass is 32.2. The van der Waals surface area contributed by atoms with Gasteiger partial charge in [-0.3, -0.25) is 4.79 Å². The van der Waals surface area contributed by atoms with Crippen LogP contribution in [0, 0.1) is 5.92 Å². The fourth-order valence-corrected chi connectivity index (χ4v) is 5.57. The van der Waals surface area contributed by atoms with Crippen molar-refractivity contribution in [2.75, 3.05) is 25.7 Å². The minimum absolute atomic E-state index is 0.102. The number of rotatable bonds is 3. The first kappa shape index (κ1) is 13.5. The molecule has 1 aliphatic heterocycles. The number of thioether (sulfide) groups is 2. The predicted molar refractivity (Wildman–Crippen MR) is 72.3 cm³/mol. The molecule has 2 aliphatic rings. The number of carbonyl (C=O) groups excluding carboxylic acids is 1. The summed E-state index contributed by atoms with van der Waals surface area (Å²) in [6, 6.07) is 0. The van der Waals surface area contributed by atoms with Crippen molar-refractivity contribution in [2.45, 2.75) is 23.2 Å². The smallest absolute Gasteiger partial charge is 0.192 e. The van der Waals surface area contributed by atoms with Crippen molar-refractivity contribution in [1.29, 1.82) is 0 Å². The largest absolute Gasteiger partial charge is 0.349 e. The lowest BCUT2D eigenvalue weighted by atomic mass is 9.88. The Kier molecular flexibility index (Phi) is 4.58. The molecule has 2 rings (SSSR count). The van der Waals surface area contributed by atoms with Crippen molar-refractivity contribution in [3.05, 3.63) is 12.2 Å². The molecule has 0 aromatic carbocycles. The number of carbonyl (C=O) groups is 1. The molecule has 0 amide bonds. The summed E-state index contributed by atoms with van der Waals surface area (Å²) in [6.45, 7) is 0. The molecule has 0 spiro atoms. The Bertz CT molecular complexity index is 307. The molecule has 3 nitrogen and oxygen atoms in total. The second kappa shape index (κ2) is 5.78. The van der Waals surface area contributed by atoms with Gasteiger partial charge >= 0.3 is 0 Å². The van der Waals surface area contributed by atoms with Crippen molar-refractivity contribution in [3.63, 3.8) is 0 Å². The number of ketones is 1. The van der Waals surface area contributed by atoms with Crippen LogP contribution in [0.25, 0.3) is 0 Å². The van der Waals surface area contributed by atoms with Crippen molar-refractivity contribution in [1.82, 2.24) is 0 Å². The molecule has 0 bridgehead atoms. The number of ether oxygens (including phenoxy) is 2. The van der Waals surface area contributed by atoms with Gasteiger partial charge in [0.1, 0.15) is 0 Å². The van der Waals surface area contributed by atoms with E-state index in [-0.39, 0.29) is 11.7 Å². The minimum atomic E-state index is -0.726. The van der Waals surface area contributed by atoms with Crippen molar-refractivity contribution in [3.8, 4) is 0 Å². The lowest BCUT2D eigenvalue weighted by Crippen LogP contribution is -2.47. The normalized spacial score (nSPS) is 29.5. The lowest BCUT2D eigenvalue weighted by Gasteiger charge is -2.42. The average Bonchev–Trinajstić information content (AvgIpc) is 2.40. The van der Waals surface area contributed by atoms with E-state index in [9.17, 15) is 4.79 Å². The molecule has 17 heavy (non-hydrogen) atoms. The Morgan fingerprint density at radius 3 is 2.53 bits per heavy atom. The molecule has 0 aromatic rings. The van der Waals surface area contributed by atoms with Gasteiger partial charge in [0, 0.05) is 26.6 Å². The van der Waals surface area contributed by atoms with Crippen LogP contribution in [0.3, 0.4) is 0 Å². The molecule has 1 aliphatic carbocycles. The van der Waals surface area contributed by atoms with Crippen LogP contribution in [0.5, 0.6) is 0 Å². The van der Waals surface area contributed by atoms with Gasteiger partial charge in [0.2, 0.25) is 0 Å². The van der Waals surface area contributed by atoms with Crippen LogP contribution in [0.2, 0.25) is 0 Å². The average molecular weight is 274 g/mol. The van der Waals surface area contributed by atoms with E-state index in [1.165, 1.54) is 6.42 Å². The maximum absolute atomic E-state index is 11.6. The molecule has 0 radical (unpaired) electrons. The Balaban J connectivity index is 2.21. The van der Waals surface area contributed by atoms with Gasteiger partial charge in [0.15, 0.2) is 11.6 Å². The Hall–Kier alpha value is 0.0300. The Labute approximate surface area is 111 Å². The van der Waals surface area contributed by atoms with E-state index in [0.717, 1.165) is 11.5 Å². The van der Waals surface area contributed by atoms with Crippen molar-refractivity contribution in [2.24, 2.45) is 5.92 Å². The molecule has 0 N–H and O–H groups in total. The monoisotopic (exact) mass is 274 g/mol. The first-order chi connectivity index (χ1) is 8.22. The summed E-state index contributed by atoms with van der Waals surface area (Å²) in [5.41, 5.74) is 0. The van der Waals surface area contributed by atoms with Gasteiger partial charge in [-0.05, 0) is 30.1 Å². The van der Waals surface area contributed by atoms with Gasteiger partial charge < -0.3 is 9.47 Å². The highest BCUT2D eigenvalue weighted by Gasteiger charge is 2.46. The SMILES string of the molecule is COC1(OC)C=CC(=O)CC1C1SCCCS1. The topological polar surface area (TPSA) is 35.5 Å². The molecule has 1 unspecified atom stereocenters. The summed E-state index contributed by atoms with van der Waals surface area (Å²) < 4.78 is 11.5. The summed E-state index contributed by atoms with van der Waals surface area (Å²) in [7, 11) is 3.30. The zero-order valence-electron chi connectivity index (χ0n) is 10.2. The van der Waals surface area contributed by atoms with Crippen LogP contribution in [-0.2, 0) is 14.3 Å². The van der Waals surface area contributed by atoms with Crippen molar-refractivity contribution >= 4 is 29.3 Å². The van der Waals surface area contributed by atoms with E-state index in [0.29, 0.717) is 11.0 Å². The van der Waals surface area contributed by atoms with Crippen LogP contribution >= 0.6 is 23.5 Å². The third kappa shape index (κ3) is 2.72. The zero-order chi connectivity index (χ0) is 12.3. The molecule has 1 saturated heterocycles. The number of methoxy groups -OCH3 is 2. The van der Waals surface area contributed by atoms with E-state index in [2.05, 4.69) is 0 Å². The molecular weight excluding hydrogens is 256 g/mol. The van der Waals surface area contributed by atoms with Gasteiger partial charge in [-0.25, -0.2) is 0 Å². The summed E-state index contributed by atoms with van der Waals surface area (Å²) >= 11 is 3.84. The third-order valence-corrected chi connectivity index (χ3v) is 6.44. The molecule has 5 heteroatoms. The predicted octanol–water partition coefficient (Wildman–Crippen LogP) is 2.32. The summed E-state index contributed by atoms with van der Waals surface area (Å²) in [4.78, 5) is 11.6. The highest BCUT2D eigenvalue weighted by molar-refractivity contribution is 8.17. The van der Waals surface area contributed by atoms with E-state index in [1.807, 2.05) is 23.5 Å². The van der Waals surface area contributed by atoms with Crippen LogP contribution < -0.4 is 0 Å². The first-order valence-corrected chi connectivity index (χ1v) is 7.87. The maximum Gasteiger partial charge on any atom is 0.192 e. The lowest BCUT2D eigenvalue weighted by molar-refractivity contribution is -0.205. The molecule has 1 fully saturated rings. The van der Waals surface area contributed by atoms with Gasteiger partial charge in [0.05, 0.1) is 4.58 Å². The molecule has 1 atom stereocenters. The molecule has 1 heterocycles. The van der Waals surface area contributed by atoms with E-state index < -0.39 is 5.79 Å². The van der Waals surface area contributed by atoms with Gasteiger partial charge in [-0.2, -0.15) is 0 Å². The van der Waals surface area contributed by atoms with E-state index in [1.54, 1.807) is 26.4 Å². The van der Waals surface area contributed by atoms with Gasteiger partial charge in [-0.15, -0.1) is 23.5 Å². The third-order valence-electron chi connectivity index (χ3n) is 3.26. The minimum Gasteiger partial charge on any atom is -0.349 e. The summed E-state index contributed by atoms with van der Waals surface area (Å²) in [6.07, 6.45) is 5.12. The molecule has 0 saturated carbocycles. The standard InChI is InChI=1S/C12H18O3S2/c1-14-12(15-2)5-4-9(13)8-10(12)11-16-6-3-7-17-11/h4-5,10-11H,3,6-8H2,1-2H3.